The van der Waals surface area contributed by atoms with Crippen LogP contribution in [0.15, 0.2) is 18.5 Å². The van der Waals surface area contributed by atoms with E-state index in [0.29, 0.717) is 5.69 Å². The molecule has 0 spiro atoms. The van der Waals surface area contributed by atoms with Gasteiger partial charge in [0, 0.05) is 11.6 Å². The highest BCUT2D eigenvalue weighted by atomic mass is 14.8. The number of nitrogens with two attached hydrogens (primary N) is 1. The van der Waals surface area contributed by atoms with Gasteiger partial charge in [-0.05, 0) is 17.0 Å². The number of rotatable bonds is 0. The summed E-state index contributed by atoms with van der Waals surface area (Å²) in [6, 6.07) is 1.97. The van der Waals surface area contributed by atoms with Crippen molar-refractivity contribution in [2.75, 3.05) is 5.73 Å². The molecule has 2 aromatic rings. The van der Waals surface area contributed by atoms with Crippen molar-refractivity contribution < 1.29 is 0 Å². The Morgan fingerprint density at radius 1 is 1.36 bits per heavy atom. The highest BCUT2D eigenvalue weighted by Gasteiger charge is 2.18. The van der Waals surface area contributed by atoms with Crippen LogP contribution in [0.4, 0.5) is 5.69 Å². The second-order valence-corrected chi connectivity index (χ2v) is 4.62. The van der Waals surface area contributed by atoms with Crippen molar-refractivity contribution in [1.29, 1.82) is 0 Å². The molecular formula is C11H15N3. The van der Waals surface area contributed by atoms with E-state index in [0.717, 1.165) is 11.0 Å². The Labute approximate surface area is 83.3 Å². The van der Waals surface area contributed by atoms with E-state index in [9.17, 15) is 0 Å². The number of aromatic nitrogens is 2. The summed E-state index contributed by atoms with van der Waals surface area (Å²) in [5.41, 5.74) is 8.71. The minimum Gasteiger partial charge on any atom is -0.397 e. The molecular weight excluding hydrogens is 174 g/mol. The highest BCUT2D eigenvalue weighted by Crippen LogP contribution is 2.29. The molecule has 2 rings (SSSR count). The molecule has 0 atom stereocenters. The predicted molar refractivity (Wildman–Crippen MR) is 59.2 cm³/mol. The molecule has 0 unspecified atom stereocenters. The number of nitrogen functional groups attached to an aromatic ring is 1. The van der Waals surface area contributed by atoms with E-state index in [2.05, 4.69) is 30.7 Å². The van der Waals surface area contributed by atoms with Crippen molar-refractivity contribution >= 4 is 16.7 Å². The molecule has 3 N–H and O–H groups in total. The fourth-order valence-electron chi connectivity index (χ4n) is 1.64. The SMILES string of the molecule is CC(C)(C)c1c[nH]c2ncc(N)cc12. The van der Waals surface area contributed by atoms with Gasteiger partial charge in [-0.15, -0.1) is 0 Å². The molecule has 0 amide bonds. The van der Waals surface area contributed by atoms with Crippen molar-refractivity contribution in [2.24, 2.45) is 0 Å². The molecule has 2 aromatic heterocycles. The number of aromatic amines is 1. The van der Waals surface area contributed by atoms with E-state index in [1.165, 1.54) is 5.56 Å². The van der Waals surface area contributed by atoms with Gasteiger partial charge in [-0.25, -0.2) is 4.98 Å². The standard InChI is InChI=1S/C11H15N3/c1-11(2,3)9-6-14-10-8(9)4-7(12)5-13-10/h4-6H,12H2,1-3H3,(H,13,14). The van der Waals surface area contributed by atoms with Gasteiger partial charge >= 0.3 is 0 Å². The van der Waals surface area contributed by atoms with Gasteiger partial charge in [-0.1, -0.05) is 20.8 Å². The average molecular weight is 189 g/mol. The lowest BCUT2D eigenvalue weighted by molar-refractivity contribution is 0.596. The number of anilines is 1. The third-order valence-electron chi connectivity index (χ3n) is 2.36. The van der Waals surface area contributed by atoms with Gasteiger partial charge in [0.2, 0.25) is 0 Å². The third-order valence-corrected chi connectivity index (χ3v) is 2.36. The highest BCUT2D eigenvalue weighted by molar-refractivity contribution is 5.83. The second kappa shape index (κ2) is 2.74. The van der Waals surface area contributed by atoms with Crippen molar-refractivity contribution in [3.63, 3.8) is 0 Å². The number of pyridine rings is 1. The van der Waals surface area contributed by atoms with Crippen LogP contribution in [0.25, 0.3) is 11.0 Å². The third kappa shape index (κ3) is 1.35. The van der Waals surface area contributed by atoms with Crippen LogP contribution in [0, 0.1) is 0 Å². The topological polar surface area (TPSA) is 54.7 Å². The fourth-order valence-corrected chi connectivity index (χ4v) is 1.64. The van der Waals surface area contributed by atoms with Crippen molar-refractivity contribution in [3.8, 4) is 0 Å². The van der Waals surface area contributed by atoms with E-state index in [1.807, 2.05) is 12.3 Å². The predicted octanol–water partition coefficient (Wildman–Crippen LogP) is 2.44. The van der Waals surface area contributed by atoms with Gasteiger partial charge in [-0.3, -0.25) is 0 Å². The van der Waals surface area contributed by atoms with Gasteiger partial charge in [0.05, 0.1) is 11.9 Å². The smallest absolute Gasteiger partial charge is 0.137 e. The summed E-state index contributed by atoms with van der Waals surface area (Å²) in [6.45, 7) is 6.54. The molecule has 0 aliphatic carbocycles. The zero-order valence-corrected chi connectivity index (χ0v) is 8.76. The van der Waals surface area contributed by atoms with Crippen LogP contribution in [-0.2, 0) is 5.41 Å². The average Bonchev–Trinajstić information content (AvgIpc) is 2.45. The number of nitrogens with one attached hydrogen (secondary N) is 1. The first-order valence-corrected chi connectivity index (χ1v) is 4.71. The minimum atomic E-state index is 0.119. The minimum absolute atomic E-state index is 0.119. The van der Waals surface area contributed by atoms with Crippen LogP contribution >= 0.6 is 0 Å². The molecule has 0 aliphatic heterocycles. The Kier molecular flexibility index (Phi) is 1.77. The Balaban J connectivity index is 2.73. The number of nitrogens with zero attached hydrogens (tertiary/aromatic N) is 1. The zero-order chi connectivity index (χ0) is 10.3. The number of hydrogen-bond donors (Lipinski definition) is 2. The molecule has 3 nitrogen and oxygen atoms in total. The van der Waals surface area contributed by atoms with Crippen LogP contribution in [0.1, 0.15) is 26.3 Å². The summed E-state index contributed by atoms with van der Waals surface area (Å²) in [6.07, 6.45) is 3.68. The molecule has 0 fully saturated rings. The van der Waals surface area contributed by atoms with Gasteiger partial charge < -0.3 is 10.7 Å². The van der Waals surface area contributed by atoms with E-state index < -0.39 is 0 Å². The zero-order valence-electron chi connectivity index (χ0n) is 8.76. The maximum Gasteiger partial charge on any atom is 0.137 e. The van der Waals surface area contributed by atoms with Gasteiger partial charge in [0.25, 0.3) is 0 Å². The van der Waals surface area contributed by atoms with Crippen molar-refractivity contribution in [3.05, 3.63) is 24.0 Å². The van der Waals surface area contributed by atoms with E-state index in [1.54, 1.807) is 6.20 Å². The molecule has 0 aromatic carbocycles. The van der Waals surface area contributed by atoms with E-state index >= 15 is 0 Å². The monoisotopic (exact) mass is 189 g/mol. The molecule has 74 valence electrons. The number of fused-ring (bicyclic) bond motifs is 1. The van der Waals surface area contributed by atoms with E-state index in [4.69, 9.17) is 5.73 Å². The van der Waals surface area contributed by atoms with Crippen LogP contribution in [0.5, 0.6) is 0 Å². The van der Waals surface area contributed by atoms with Gasteiger partial charge in [0.1, 0.15) is 5.65 Å². The van der Waals surface area contributed by atoms with Gasteiger partial charge in [0.15, 0.2) is 0 Å². The molecule has 3 heteroatoms. The largest absolute Gasteiger partial charge is 0.397 e. The normalized spacial score (nSPS) is 12.2. The van der Waals surface area contributed by atoms with Gasteiger partial charge in [-0.2, -0.15) is 0 Å². The summed E-state index contributed by atoms with van der Waals surface area (Å²) >= 11 is 0. The van der Waals surface area contributed by atoms with Crippen LogP contribution in [0.3, 0.4) is 0 Å². The van der Waals surface area contributed by atoms with Crippen LogP contribution < -0.4 is 5.73 Å². The summed E-state index contributed by atoms with van der Waals surface area (Å²) in [7, 11) is 0. The Morgan fingerprint density at radius 3 is 2.71 bits per heavy atom. The molecule has 0 aliphatic rings. The second-order valence-electron chi connectivity index (χ2n) is 4.62. The molecule has 0 saturated heterocycles. The molecule has 2 heterocycles. The Bertz CT molecular complexity index is 463. The Morgan fingerprint density at radius 2 is 2.07 bits per heavy atom. The van der Waals surface area contributed by atoms with Crippen molar-refractivity contribution in [1.82, 2.24) is 9.97 Å². The summed E-state index contributed by atoms with van der Waals surface area (Å²) in [5.74, 6) is 0. The quantitative estimate of drug-likeness (QED) is 0.668. The molecule has 0 radical (unpaired) electrons. The summed E-state index contributed by atoms with van der Waals surface area (Å²) < 4.78 is 0. The van der Waals surface area contributed by atoms with E-state index in [-0.39, 0.29) is 5.41 Å². The lowest BCUT2D eigenvalue weighted by Gasteiger charge is -2.17. The lowest BCUT2D eigenvalue weighted by Crippen LogP contribution is -2.10. The fraction of sp³-hybridized carbons (Fsp3) is 0.364. The first kappa shape index (κ1) is 9.06. The molecule has 14 heavy (non-hydrogen) atoms. The van der Waals surface area contributed by atoms with Crippen molar-refractivity contribution in [2.45, 2.75) is 26.2 Å². The first-order valence-electron chi connectivity index (χ1n) is 4.71. The summed E-state index contributed by atoms with van der Waals surface area (Å²) in [4.78, 5) is 7.39. The number of H-pyrrole nitrogens is 1. The lowest BCUT2D eigenvalue weighted by atomic mass is 9.87. The Hall–Kier alpha value is -1.51. The summed E-state index contributed by atoms with van der Waals surface area (Å²) in [5, 5.41) is 1.12. The maximum absolute atomic E-state index is 5.72. The first-order chi connectivity index (χ1) is 6.48. The molecule has 0 saturated carbocycles. The maximum atomic E-state index is 5.72. The number of hydrogen-bond acceptors (Lipinski definition) is 2. The van der Waals surface area contributed by atoms with Crippen LogP contribution in [-0.4, -0.2) is 9.97 Å². The van der Waals surface area contributed by atoms with Crippen LogP contribution in [0.2, 0.25) is 0 Å². The molecule has 0 bridgehead atoms.